The van der Waals surface area contributed by atoms with Crippen molar-refractivity contribution in [3.05, 3.63) is 38.2 Å². The van der Waals surface area contributed by atoms with Crippen molar-refractivity contribution in [1.29, 1.82) is 0 Å². The number of carbonyl (C=O) groups excluding carboxylic acids is 1. The number of aliphatic hydroxyl groups is 1. The van der Waals surface area contributed by atoms with Crippen molar-refractivity contribution in [3.8, 4) is 0 Å². The van der Waals surface area contributed by atoms with Gasteiger partial charge in [-0.05, 0) is 13.8 Å². The van der Waals surface area contributed by atoms with E-state index in [1.165, 1.54) is 6.92 Å². The molecule has 0 fully saturated rings. The van der Waals surface area contributed by atoms with Gasteiger partial charge in [0, 0.05) is 0 Å². The Morgan fingerprint density at radius 2 is 1.79 bits per heavy atom. The second-order valence-electron chi connectivity index (χ2n) is 1.54. The summed E-state index contributed by atoms with van der Waals surface area (Å²) in [4.78, 5) is 10.4. The van der Waals surface area contributed by atoms with Gasteiger partial charge in [0.1, 0.15) is 0 Å². The zero-order chi connectivity index (χ0) is 11.3. The van der Waals surface area contributed by atoms with Crippen LogP contribution in [0.3, 0.4) is 0 Å². The molecule has 0 aromatic rings. The third-order valence-electron chi connectivity index (χ3n) is 0.613. The van der Waals surface area contributed by atoms with Crippen molar-refractivity contribution in [1.82, 2.24) is 0 Å². The first-order chi connectivity index (χ1) is 6.16. The van der Waals surface area contributed by atoms with Crippen LogP contribution in [0.2, 0.25) is 0 Å². The van der Waals surface area contributed by atoms with Gasteiger partial charge < -0.3 is 23.0 Å². The van der Waals surface area contributed by atoms with E-state index in [0.717, 1.165) is 6.08 Å². The molecule has 0 bridgehead atoms. The van der Waals surface area contributed by atoms with Crippen LogP contribution in [0.25, 0.3) is 0 Å². The van der Waals surface area contributed by atoms with Crippen molar-refractivity contribution >= 4 is 5.97 Å². The molecule has 0 aliphatic carbocycles. The van der Waals surface area contributed by atoms with Crippen LogP contribution in [0.5, 0.6) is 0 Å². The van der Waals surface area contributed by atoms with Crippen LogP contribution in [0.15, 0.2) is 25.0 Å². The molecule has 0 aromatic heterocycles. The molecule has 4 heteroatoms. The Morgan fingerprint density at radius 3 is 2.00 bits per heavy atom. The SMILES string of the molecule is CCOC(=O)C=C(C)O.[CH-]=C.[CH-]=C.[Ti+2]. The molecule has 0 aliphatic rings. The van der Waals surface area contributed by atoms with Gasteiger partial charge in [-0.1, -0.05) is 0 Å². The van der Waals surface area contributed by atoms with Gasteiger partial charge >= 0.3 is 27.7 Å². The van der Waals surface area contributed by atoms with Gasteiger partial charge in [0.15, 0.2) is 0 Å². The maximum Gasteiger partial charge on any atom is 2.00 e. The van der Waals surface area contributed by atoms with Crippen LogP contribution >= 0.6 is 0 Å². The Hall–Kier alpha value is -0.796. The van der Waals surface area contributed by atoms with Gasteiger partial charge in [0.2, 0.25) is 0 Å². The number of allylic oxidation sites excluding steroid dienone is 1. The maximum absolute atomic E-state index is 10.4. The minimum absolute atomic E-state index is 0. The standard InChI is InChI=1S/C6H10O3.2C2H3.Ti/c1-3-9-6(8)4-5(2)7;2*1-2;/h4,7H,3H2,1-2H3;2*1H,2H2;/q;2*-1;+2. The molecule has 0 unspecified atom stereocenters. The molecule has 0 saturated carbocycles. The molecule has 0 heterocycles. The molecule has 0 saturated heterocycles. The number of esters is 1. The Balaban J connectivity index is -0.0000000883. The van der Waals surface area contributed by atoms with Crippen LogP contribution in [-0.2, 0) is 31.2 Å². The molecule has 14 heavy (non-hydrogen) atoms. The topological polar surface area (TPSA) is 46.5 Å². The number of hydrogen-bond acceptors (Lipinski definition) is 3. The molecule has 0 atom stereocenters. The summed E-state index contributed by atoms with van der Waals surface area (Å²) in [6.07, 6.45) is 1.03. The van der Waals surface area contributed by atoms with Crippen LogP contribution in [0.1, 0.15) is 13.8 Å². The molecule has 1 N–H and O–H groups in total. The third-order valence-corrected chi connectivity index (χ3v) is 0.613. The van der Waals surface area contributed by atoms with Gasteiger partial charge in [-0.15, -0.1) is 0 Å². The monoisotopic (exact) mass is 232 g/mol. The summed E-state index contributed by atoms with van der Waals surface area (Å²) in [5.74, 6) is -0.536. The molecule has 3 nitrogen and oxygen atoms in total. The van der Waals surface area contributed by atoms with Gasteiger partial charge in [-0.3, -0.25) is 13.2 Å². The summed E-state index contributed by atoms with van der Waals surface area (Å²) < 4.78 is 4.48. The molecule has 0 radical (unpaired) electrons. The zero-order valence-corrected chi connectivity index (χ0v) is 10.2. The first-order valence-corrected chi connectivity index (χ1v) is 3.52. The van der Waals surface area contributed by atoms with Crippen LogP contribution < -0.4 is 0 Å². The van der Waals surface area contributed by atoms with E-state index >= 15 is 0 Å². The largest absolute Gasteiger partial charge is 2.00 e. The minimum Gasteiger partial charge on any atom is -0.521 e. The third kappa shape index (κ3) is 30.3. The zero-order valence-electron chi connectivity index (χ0n) is 8.62. The molecular formula is C10H16O3Ti. The van der Waals surface area contributed by atoms with Crippen molar-refractivity contribution in [2.75, 3.05) is 6.61 Å². The molecule has 0 spiro atoms. The fourth-order valence-electron chi connectivity index (χ4n) is 0.354. The van der Waals surface area contributed by atoms with Gasteiger partial charge in [0.05, 0.1) is 18.4 Å². The number of aliphatic hydroxyl groups excluding tert-OH is 1. The Morgan fingerprint density at radius 1 is 1.43 bits per heavy atom. The Kier molecular flexibility index (Phi) is 37.7. The summed E-state index contributed by atoms with van der Waals surface area (Å²) >= 11 is 0. The summed E-state index contributed by atoms with van der Waals surface area (Å²) in [7, 11) is 0. The summed E-state index contributed by atoms with van der Waals surface area (Å²) in [5, 5.41) is 8.51. The van der Waals surface area contributed by atoms with Crippen molar-refractivity contribution in [2.45, 2.75) is 13.8 Å². The fraction of sp³-hybridized carbons (Fsp3) is 0.300. The van der Waals surface area contributed by atoms with Gasteiger partial charge in [-0.2, -0.15) is 0 Å². The number of ether oxygens (including phenoxy) is 1. The Bertz CT molecular complexity index is 149. The maximum atomic E-state index is 10.4. The normalized spacial score (nSPS) is 7.71. The van der Waals surface area contributed by atoms with Crippen molar-refractivity contribution < 1.29 is 36.4 Å². The summed E-state index contributed by atoms with van der Waals surface area (Å²) in [6.45, 7) is 17.5. The number of carbonyl (C=O) groups is 1. The molecule has 0 amide bonds. The van der Waals surface area contributed by atoms with E-state index in [4.69, 9.17) is 5.11 Å². The minimum atomic E-state index is -0.502. The molecule has 78 valence electrons. The molecular weight excluding hydrogens is 216 g/mol. The van der Waals surface area contributed by atoms with Crippen LogP contribution in [-0.4, -0.2) is 17.7 Å². The second-order valence-corrected chi connectivity index (χ2v) is 1.54. The summed E-state index contributed by atoms with van der Waals surface area (Å²) in [5.41, 5.74) is 0. The quantitative estimate of drug-likeness (QED) is 0.261. The van der Waals surface area contributed by atoms with E-state index in [1.54, 1.807) is 6.92 Å². The van der Waals surface area contributed by atoms with E-state index in [9.17, 15) is 4.79 Å². The average molecular weight is 232 g/mol. The van der Waals surface area contributed by atoms with Crippen LogP contribution in [0.4, 0.5) is 0 Å². The van der Waals surface area contributed by atoms with E-state index in [-0.39, 0.29) is 27.5 Å². The second kappa shape index (κ2) is 22.8. The van der Waals surface area contributed by atoms with Gasteiger partial charge in [0.25, 0.3) is 0 Å². The molecule has 0 rings (SSSR count). The van der Waals surface area contributed by atoms with E-state index in [2.05, 4.69) is 31.1 Å². The van der Waals surface area contributed by atoms with Crippen molar-refractivity contribution in [2.24, 2.45) is 0 Å². The number of rotatable bonds is 2. The summed E-state index contributed by atoms with van der Waals surface area (Å²) in [6, 6.07) is 0. The Labute approximate surface area is 101 Å². The smallest absolute Gasteiger partial charge is 0.521 e. The fourth-order valence-corrected chi connectivity index (χ4v) is 0.354. The molecule has 0 aromatic carbocycles. The first kappa shape index (κ1) is 23.2. The predicted octanol–water partition coefficient (Wildman–Crippen LogP) is 2.22. The van der Waals surface area contributed by atoms with E-state index < -0.39 is 5.97 Å². The average Bonchev–Trinajstić information content (AvgIpc) is 2.10. The van der Waals surface area contributed by atoms with Crippen molar-refractivity contribution in [3.63, 3.8) is 0 Å². The number of hydrogen-bond donors (Lipinski definition) is 1. The van der Waals surface area contributed by atoms with E-state index in [0.29, 0.717) is 6.61 Å². The first-order valence-electron chi connectivity index (χ1n) is 3.52. The molecule has 0 aliphatic heterocycles. The van der Waals surface area contributed by atoms with Crippen LogP contribution in [0, 0.1) is 13.2 Å². The predicted molar refractivity (Wildman–Crippen MR) is 52.9 cm³/mol. The van der Waals surface area contributed by atoms with Gasteiger partial charge in [-0.25, -0.2) is 4.79 Å². The van der Waals surface area contributed by atoms with E-state index in [1.807, 2.05) is 0 Å².